The Morgan fingerprint density at radius 2 is 1.16 bits per heavy atom. The van der Waals surface area contributed by atoms with Crippen LogP contribution in [0.2, 0.25) is 0 Å². The van der Waals surface area contributed by atoms with E-state index in [0.29, 0.717) is 58.8 Å². The van der Waals surface area contributed by atoms with Gasteiger partial charge in [-0.15, -0.1) is 0 Å². The summed E-state index contributed by atoms with van der Waals surface area (Å²) >= 11 is 0. The predicted octanol–water partition coefficient (Wildman–Crippen LogP) is 0.206. The Labute approximate surface area is 184 Å². The molecule has 2 aliphatic heterocycles. The highest BCUT2D eigenvalue weighted by atomic mass is 16.5. The number of ketones is 1. The highest BCUT2D eigenvalue weighted by Crippen LogP contribution is 2.10. The second-order valence-electron chi connectivity index (χ2n) is 7.93. The van der Waals surface area contributed by atoms with E-state index in [1.807, 2.05) is 13.8 Å². The normalized spacial score (nSPS) is 18.2. The molecule has 2 rings (SSSR count). The summed E-state index contributed by atoms with van der Waals surface area (Å²) in [5.41, 5.74) is 0. The van der Waals surface area contributed by atoms with Gasteiger partial charge in [-0.3, -0.25) is 14.4 Å². The monoisotopic (exact) mass is 440 g/mol. The van der Waals surface area contributed by atoms with Gasteiger partial charge >= 0.3 is 6.03 Å². The van der Waals surface area contributed by atoms with Crippen molar-refractivity contribution in [2.24, 2.45) is 0 Å². The van der Waals surface area contributed by atoms with Crippen molar-refractivity contribution in [3.8, 4) is 0 Å². The van der Waals surface area contributed by atoms with Crippen LogP contribution < -0.4 is 0 Å². The summed E-state index contributed by atoms with van der Waals surface area (Å²) in [4.78, 5) is 55.4. The molecule has 0 aromatic carbocycles. The summed E-state index contributed by atoms with van der Waals surface area (Å²) in [6.45, 7) is 9.42. The molecule has 0 spiro atoms. The Hall–Kier alpha value is -2.20. The van der Waals surface area contributed by atoms with Gasteiger partial charge in [-0.05, 0) is 13.3 Å². The molecule has 0 bridgehead atoms. The first kappa shape index (κ1) is 25.1. The molecule has 0 saturated carbocycles. The topological polar surface area (TPSA) is 99.7 Å². The molecule has 0 radical (unpaired) electrons. The number of carbonyl (C=O) groups excluding carboxylic acids is 4. The van der Waals surface area contributed by atoms with Crippen molar-refractivity contribution in [2.75, 3.05) is 72.2 Å². The first-order valence-corrected chi connectivity index (χ1v) is 11.2. The van der Waals surface area contributed by atoms with E-state index in [9.17, 15) is 19.2 Å². The number of amides is 4. The minimum atomic E-state index is -0.164. The van der Waals surface area contributed by atoms with Gasteiger partial charge in [-0.2, -0.15) is 0 Å². The molecule has 2 aliphatic rings. The van der Waals surface area contributed by atoms with E-state index in [-0.39, 0.29) is 49.6 Å². The molecular weight excluding hydrogens is 404 g/mol. The molecule has 0 aromatic rings. The molecule has 1 atom stereocenters. The molecule has 176 valence electrons. The van der Waals surface area contributed by atoms with Gasteiger partial charge in [0.25, 0.3) is 0 Å². The van der Waals surface area contributed by atoms with Crippen LogP contribution in [0.4, 0.5) is 4.79 Å². The second kappa shape index (κ2) is 12.6. The zero-order valence-corrected chi connectivity index (χ0v) is 19.0. The Morgan fingerprint density at radius 1 is 0.710 bits per heavy atom. The van der Waals surface area contributed by atoms with Gasteiger partial charge in [0.05, 0.1) is 6.10 Å². The van der Waals surface area contributed by atoms with Crippen molar-refractivity contribution in [1.82, 2.24) is 19.6 Å². The minimum absolute atomic E-state index is 0.0342. The van der Waals surface area contributed by atoms with E-state index in [4.69, 9.17) is 9.47 Å². The fourth-order valence-electron chi connectivity index (χ4n) is 3.36. The highest BCUT2D eigenvalue weighted by Gasteiger charge is 2.30. The third-order valence-corrected chi connectivity index (χ3v) is 5.75. The van der Waals surface area contributed by atoms with Gasteiger partial charge in [-0.1, -0.05) is 13.8 Å². The lowest BCUT2D eigenvalue weighted by atomic mass is 10.3. The Bertz CT molecular complexity index is 627. The fraction of sp³-hybridized carbons (Fsp3) is 0.810. The lowest BCUT2D eigenvalue weighted by molar-refractivity contribution is -0.139. The van der Waals surface area contributed by atoms with Gasteiger partial charge in [0.1, 0.15) is 19.8 Å². The molecule has 4 amide bonds. The third kappa shape index (κ3) is 7.77. The van der Waals surface area contributed by atoms with Crippen LogP contribution in [0, 0.1) is 0 Å². The van der Waals surface area contributed by atoms with Crippen LogP contribution in [0.5, 0.6) is 0 Å². The number of hydrogen-bond acceptors (Lipinski definition) is 6. The molecule has 0 aliphatic carbocycles. The van der Waals surface area contributed by atoms with Gasteiger partial charge in [-0.25, -0.2) is 4.79 Å². The molecule has 1 unspecified atom stereocenters. The summed E-state index contributed by atoms with van der Waals surface area (Å²) in [6.07, 6.45) is 1.31. The number of carbonyl (C=O) groups is 4. The van der Waals surface area contributed by atoms with Gasteiger partial charge in [0, 0.05) is 58.8 Å². The summed E-state index contributed by atoms with van der Waals surface area (Å²) < 4.78 is 10.7. The van der Waals surface area contributed by atoms with E-state index in [1.165, 1.54) is 0 Å². The number of nitrogens with zero attached hydrogens (tertiary/aromatic N) is 4. The van der Waals surface area contributed by atoms with E-state index in [1.54, 1.807) is 26.5 Å². The number of rotatable bonds is 9. The molecule has 2 saturated heterocycles. The Balaban J connectivity index is 1.68. The smallest absolute Gasteiger partial charge is 0.320 e. The van der Waals surface area contributed by atoms with Crippen LogP contribution in [0.15, 0.2) is 0 Å². The first-order chi connectivity index (χ1) is 14.8. The molecule has 0 N–H and O–H groups in total. The van der Waals surface area contributed by atoms with Crippen molar-refractivity contribution >= 4 is 23.6 Å². The maximum atomic E-state index is 12.8. The minimum Gasteiger partial charge on any atom is -0.369 e. The zero-order chi connectivity index (χ0) is 22.8. The average Bonchev–Trinajstić information content (AvgIpc) is 2.81. The quantitative estimate of drug-likeness (QED) is 0.508. The van der Waals surface area contributed by atoms with Crippen LogP contribution in [-0.4, -0.2) is 122 Å². The number of hydrogen-bond donors (Lipinski definition) is 0. The molecule has 2 heterocycles. The summed E-state index contributed by atoms with van der Waals surface area (Å²) in [5.74, 6) is -0.238. The van der Waals surface area contributed by atoms with Gasteiger partial charge in [0.15, 0.2) is 5.78 Å². The van der Waals surface area contributed by atoms with E-state index >= 15 is 0 Å². The number of piperazine rings is 2. The third-order valence-electron chi connectivity index (χ3n) is 5.75. The highest BCUT2D eigenvalue weighted by molar-refractivity contribution is 5.81. The molecule has 31 heavy (non-hydrogen) atoms. The summed E-state index contributed by atoms with van der Waals surface area (Å²) in [6, 6.07) is -0.0557. The zero-order valence-electron chi connectivity index (χ0n) is 19.0. The van der Waals surface area contributed by atoms with Crippen LogP contribution >= 0.6 is 0 Å². The predicted molar refractivity (Wildman–Crippen MR) is 114 cm³/mol. The molecule has 0 aromatic heterocycles. The molecular formula is C21H36N4O6. The van der Waals surface area contributed by atoms with E-state index in [2.05, 4.69) is 0 Å². The van der Waals surface area contributed by atoms with Gasteiger partial charge in [0.2, 0.25) is 11.8 Å². The summed E-state index contributed by atoms with van der Waals surface area (Å²) in [7, 11) is 0. The van der Waals surface area contributed by atoms with Crippen LogP contribution in [0.1, 0.15) is 33.6 Å². The Kier molecular flexibility index (Phi) is 10.2. The lowest BCUT2D eigenvalue weighted by Crippen LogP contribution is -2.58. The van der Waals surface area contributed by atoms with Crippen molar-refractivity contribution in [3.05, 3.63) is 0 Å². The SMILES string of the molecule is CCC(=O)COCC(=O)N1CCN(C(=O)N2CCN(C(=O)COC(C)CC)CC2)CC1. The largest absolute Gasteiger partial charge is 0.369 e. The van der Waals surface area contributed by atoms with Crippen molar-refractivity contribution in [3.63, 3.8) is 0 Å². The molecule has 10 heteroatoms. The number of urea groups is 1. The van der Waals surface area contributed by atoms with Crippen molar-refractivity contribution in [1.29, 1.82) is 0 Å². The lowest BCUT2D eigenvalue weighted by Gasteiger charge is -2.40. The van der Waals surface area contributed by atoms with Crippen LogP contribution in [0.25, 0.3) is 0 Å². The maximum Gasteiger partial charge on any atom is 0.320 e. The van der Waals surface area contributed by atoms with E-state index in [0.717, 1.165) is 6.42 Å². The van der Waals surface area contributed by atoms with Crippen molar-refractivity contribution in [2.45, 2.75) is 39.7 Å². The fourth-order valence-corrected chi connectivity index (χ4v) is 3.36. The van der Waals surface area contributed by atoms with E-state index < -0.39 is 0 Å². The average molecular weight is 441 g/mol. The number of Topliss-reactive ketones (excluding diaryl/α,β-unsaturated/α-hetero) is 1. The molecule has 10 nitrogen and oxygen atoms in total. The van der Waals surface area contributed by atoms with Crippen LogP contribution in [-0.2, 0) is 23.9 Å². The second-order valence-corrected chi connectivity index (χ2v) is 7.93. The first-order valence-electron chi connectivity index (χ1n) is 11.2. The summed E-state index contributed by atoms with van der Waals surface area (Å²) in [5, 5.41) is 0. The molecule has 2 fully saturated rings. The van der Waals surface area contributed by atoms with Crippen LogP contribution in [0.3, 0.4) is 0 Å². The standard InChI is InChI=1S/C21H36N4O6/c1-4-17(3)31-16-20(28)23-8-12-25(13-9-23)21(29)24-10-6-22(7-11-24)19(27)15-30-14-18(26)5-2/h17H,4-16H2,1-3H3. The van der Waals surface area contributed by atoms with Gasteiger partial charge < -0.3 is 29.1 Å². The Morgan fingerprint density at radius 3 is 1.61 bits per heavy atom. The van der Waals surface area contributed by atoms with Crippen molar-refractivity contribution < 1.29 is 28.7 Å². The number of ether oxygens (including phenoxy) is 2. The maximum absolute atomic E-state index is 12.8.